The van der Waals surface area contributed by atoms with Gasteiger partial charge in [0.1, 0.15) is 5.82 Å². The zero-order valence-corrected chi connectivity index (χ0v) is 11.1. The number of rotatable bonds is 4. The lowest BCUT2D eigenvalue weighted by atomic mass is 10.0. The van der Waals surface area contributed by atoms with Crippen LogP contribution in [-0.2, 0) is 7.05 Å². The van der Waals surface area contributed by atoms with Crippen LogP contribution in [0.2, 0.25) is 5.02 Å². The van der Waals surface area contributed by atoms with Gasteiger partial charge in [0, 0.05) is 18.3 Å². The predicted molar refractivity (Wildman–Crippen MR) is 70.1 cm³/mol. The van der Waals surface area contributed by atoms with Crippen molar-refractivity contribution in [3.8, 4) is 0 Å². The highest BCUT2D eigenvalue weighted by atomic mass is 35.5. The van der Waals surface area contributed by atoms with Crippen LogP contribution in [0.1, 0.15) is 24.2 Å². The van der Waals surface area contributed by atoms with Crippen LogP contribution in [0.25, 0.3) is 0 Å². The van der Waals surface area contributed by atoms with E-state index in [0.717, 1.165) is 12.2 Å². The summed E-state index contributed by atoms with van der Waals surface area (Å²) in [6, 6.07) is 4.18. The minimum absolute atomic E-state index is 0.195. The van der Waals surface area contributed by atoms with Gasteiger partial charge in [0.05, 0.1) is 18.1 Å². The molecule has 0 aliphatic heterocycles. The summed E-state index contributed by atoms with van der Waals surface area (Å²) in [5, 5.41) is 3.80. The Balaban J connectivity index is 2.44. The summed E-state index contributed by atoms with van der Waals surface area (Å²) in [5.74, 6) is -0.298. The Morgan fingerprint density at radius 3 is 2.89 bits per heavy atom. The van der Waals surface area contributed by atoms with Crippen molar-refractivity contribution in [3.63, 3.8) is 0 Å². The Morgan fingerprint density at radius 1 is 1.50 bits per heavy atom. The van der Waals surface area contributed by atoms with E-state index in [4.69, 9.17) is 11.6 Å². The van der Waals surface area contributed by atoms with Gasteiger partial charge < -0.3 is 9.88 Å². The van der Waals surface area contributed by atoms with Crippen LogP contribution in [0.3, 0.4) is 0 Å². The molecule has 0 spiro atoms. The summed E-state index contributed by atoms with van der Waals surface area (Å²) in [5.41, 5.74) is 1.53. The van der Waals surface area contributed by atoms with Crippen LogP contribution in [0.4, 0.5) is 4.39 Å². The summed E-state index contributed by atoms with van der Waals surface area (Å²) in [7, 11) is 1.90. The van der Waals surface area contributed by atoms with E-state index >= 15 is 0 Å². The van der Waals surface area contributed by atoms with Crippen LogP contribution in [0, 0.1) is 5.82 Å². The molecule has 0 aliphatic carbocycles. The van der Waals surface area contributed by atoms with Gasteiger partial charge in [0.15, 0.2) is 0 Å². The maximum atomic E-state index is 13.4. The van der Waals surface area contributed by atoms with Crippen molar-refractivity contribution in [2.45, 2.75) is 13.0 Å². The quantitative estimate of drug-likeness (QED) is 0.923. The van der Waals surface area contributed by atoms with Gasteiger partial charge in [-0.3, -0.25) is 0 Å². The summed E-state index contributed by atoms with van der Waals surface area (Å²) < 4.78 is 15.2. The molecule has 0 bridgehead atoms. The summed E-state index contributed by atoms with van der Waals surface area (Å²) in [6.45, 7) is 2.73. The van der Waals surface area contributed by atoms with Crippen molar-refractivity contribution < 1.29 is 4.39 Å². The second-order valence-corrected chi connectivity index (χ2v) is 4.53. The molecular formula is C13H15ClFN3. The minimum atomic E-state index is -0.298. The Kier molecular flexibility index (Phi) is 3.99. The van der Waals surface area contributed by atoms with Crippen LogP contribution in [0.5, 0.6) is 0 Å². The first kappa shape index (κ1) is 13.1. The molecule has 0 saturated heterocycles. The third-order valence-corrected chi connectivity index (χ3v) is 3.04. The standard InChI is InChI=1S/C13H15ClFN3/c1-3-16-13(12-7-18(2)8-17-12)10-6-9(15)4-5-11(10)14/h4-8,13,16H,3H2,1-2H3. The Labute approximate surface area is 111 Å². The molecule has 5 heteroatoms. The molecule has 0 amide bonds. The van der Waals surface area contributed by atoms with E-state index in [9.17, 15) is 4.39 Å². The van der Waals surface area contributed by atoms with Gasteiger partial charge in [-0.15, -0.1) is 0 Å². The zero-order chi connectivity index (χ0) is 13.1. The van der Waals surface area contributed by atoms with E-state index in [0.29, 0.717) is 10.6 Å². The maximum Gasteiger partial charge on any atom is 0.123 e. The second-order valence-electron chi connectivity index (χ2n) is 4.12. The average Bonchev–Trinajstić information content (AvgIpc) is 2.76. The van der Waals surface area contributed by atoms with Crippen LogP contribution >= 0.6 is 11.6 Å². The Morgan fingerprint density at radius 2 is 2.28 bits per heavy atom. The number of imidazole rings is 1. The van der Waals surface area contributed by atoms with E-state index < -0.39 is 0 Å². The first-order valence-electron chi connectivity index (χ1n) is 5.78. The molecule has 18 heavy (non-hydrogen) atoms. The van der Waals surface area contributed by atoms with E-state index in [2.05, 4.69) is 10.3 Å². The monoisotopic (exact) mass is 267 g/mol. The van der Waals surface area contributed by atoms with Crippen LogP contribution in [0.15, 0.2) is 30.7 Å². The Hall–Kier alpha value is -1.39. The molecule has 1 aromatic heterocycles. The number of aromatic nitrogens is 2. The van der Waals surface area contributed by atoms with Crippen molar-refractivity contribution in [1.82, 2.24) is 14.9 Å². The van der Waals surface area contributed by atoms with Gasteiger partial charge in [-0.1, -0.05) is 18.5 Å². The van der Waals surface area contributed by atoms with Crippen molar-refractivity contribution in [3.05, 3.63) is 52.8 Å². The lowest BCUT2D eigenvalue weighted by Gasteiger charge is -2.17. The molecule has 1 heterocycles. The third kappa shape index (κ3) is 2.71. The molecular weight excluding hydrogens is 253 g/mol. The lowest BCUT2D eigenvalue weighted by Crippen LogP contribution is -2.22. The summed E-state index contributed by atoms with van der Waals surface area (Å²) in [4.78, 5) is 4.30. The van der Waals surface area contributed by atoms with Gasteiger partial charge in [0.2, 0.25) is 0 Å². The molecule has 1 atom stereocenters. The van der Waals surface area contributed by atoms with Crippen molar-refractivity contribution in [2.75, 3.05) is 6.54 Å². The van der Waals surface area contributed by atoms with Gasteiger partial charge in [-0.25, -0.2) is 9.37 Å². The van der Waals surface area contributed by atoms with Gasteiger partial charge in [-0.05, 0) is 30.3 Å². The highest BCUT2D eigenvalue weighted by Gasteiger charge is 2.18. The van der Waals surface area contributed by atoms with Crippen LogP contribution in [-0.4, -0.2) is 16.1 Å². The molecule has 0 saturated carbocycles. The number of hydrogen-bond donors (Lipinski definition) is 1. The van der Waals surface area contributed by atoms with E-state index in [-0.39, 0.29) is 11.9 Å². The molecule has 1 N–H and O–H groups in total. The first-order chi connectivity index (χ1) is 8.61. The number of nitrogens with one attached hydrogen (secondary N) is 1. The third-order valence-electron chi connectivity index (χ3n) is 2.70. The normalized spacial score (nSPS) is 12.7. The fourth-order valence-corrected chi connectivity index (χ4v) is 2.12. The fraction of sp³-hybridized carbons (Fsp3) is 0.308. The highest BCUT2D eigenvalue weighted by Crippen LogP contribution is 2.28. The molecule has 0 aliphatic rings. The number of aryl methyl sites for hydroxylation is 1. The van der Waals surface area contributed by atoms with Gasteiger partial charge >= 0.3 is 0 Å². The number of nitrogens with zero attached hydrogens (tertiary/aromatic N) is 2. The number of hydrogen-bond acceptors (Lipinski definition) is 2. The van der Waals surface area contributed by atoms with E-state index in [1.165, 1.54) is 12.1 Å². The SMILES string of the molecule is CCNC(c1cn(C)cn1)c1cc(F)ccc1Cl. The smallest absolute Gasteiger partial charge is 0.123 e. The molecule has 2 aromatic rings. The largest absolute Gasteiger partial charge is 0.340 e. The topological polar surface area (TPSA) is 29.9 Å². The minimum Gasteiger partial charge on any atom is -0.340 e. The van der Waals surface area contributed by atoms with Crippen molar-refractivity contribution in [2.24, 2.45) is 7.05 Å². The molecule has 96 valence electrons. The summed E-state index contributed by atoms with van der Waals surface area (Å²) in [6.07, 6.45) is 3.61. The van der Waals surface area contributed by atoms with Gasteiger partial charge in [0.25, 0.3) is 0 Å². The molecule has 0 radical (unpaired) electrons. The van der Waals surface area contributed by atoms with Crippen LogP contribution < -0.4 is 5.32 Å². The molecule has 2 rings (SSSR count). The molecule has 3 nitrogen and oxygen atoms in total. The molecule has 0 fully saturated rings. The second kappa shape index (κ2) is 5.50. The fourth-order valence-electron chi connectivity index (χ4n) is 1.90. The molecule has 1 aromatic carbocycles. The number of halogens is 2. The zero-order valence-electron chi connectivity index (χ0n) is 10.3. The highest BCUT2D eigenvalue weighted by molar-refractivity contribution is 6.31. The van der Waals surface area contributed by atoms with Crippen molar-refractivity contribution >= 4 is 11.6 Å². The van der Waals surface area contributed by atoms with Crippen molar-refractivity contribution in [1.29, 1.82) is 0 Å². The summed E-state index contributed by atoms with van der Waals surface area (Å²) >= 11 is 6.14. The average molecular weight is 268 g/mol. The predicted octanol–water partition coefficient (Wildman–Crippen LogP) is 2.91. The Bertz CT molecular complexity index is 539. The lowest BCUT2D eigenvalue weighted by molar-refractivity contribution is 0.596. The van der Waals surface area contributed by atoms with Gasteiger partial charge in [-0.2, -0.15) is 0 Å². The van der Waals surface area contributed by atoms with E-state index in [1.54, 1.807) is 12.4 Å². The maximum absolute atomic E-state index is 13.4. The molecule has 1 unspecified atom stereocenters. The van der Waals surface area contributed by atoms with E-state index in [1.807, 2.05) is 24.7 Å². The number of benzene rings is 1. The first-order valence-corrected chi connectivity index (χ1v) is 6.15.